The van der Waals surface area contributed by atoms with Gasteiger partial charge in [-0.1, -0.05) is 12.8 Å². The van der Waals surface area contributed by atoms with E-state index >= 15 is 0 Å². The second-order valence-electron chi connectivity index (χ2n) is 2.80. The van der Waals surface area contributed by atoms with E-state index in [2.05, 4.69) is 0 Å². The molecule has 1 saturated carbocycles. The van der Waals surface area contributed by atoms with E-state index in [-0.39, 0.29) is 7.12 Å². The highest BCUT2D eigenvalue weighted by Crippen LogP contribution is 2.40. The maximum absolute atomic E-state index is 5.38. The highest BCUT2D eigenvalue weighted by Gasteiger charge is 2.39. The van der Waals surface area contributed by atoms with Crippen LogP contribution in [0.1, 0.15) is 19.3 Å². The topological polar surface area (TPSA) is 18.5 Å². The average Bonchev–Trinajstić information content (AvgIpc) is 2.71. The Kier molecular flexibility index (Phi) is 1.48. The van der Waals surface area contributed by atoms with Crippen molar-refractivity contribution in [3.63, 3.8) is 0 Å². The second-order valence-corrected chi connectivity index (χ2v) is 2.80. The van der Waals surface area contributed by atoms with E-state index in [0.717, 1.165) is 25.5 Å². The Hall–Kier alpha value is -0.0151. The van der Waals surface area contributed by atoms with Crippen molar-refractivity contribution in [3.8, 4) is 0 Å². The van der Waals surface area contributed by atoms with Gasteiger partial charge in [-0.15, -0.1) is 0 Å². The predicted octanol–water partition coefficient (Wildman–Crippen LogP) is 1.08. The maximum Gasteiger partial charge on any atom is 0.460 e. The predicted molar refractivity (Wildman–Crippen MR) is 35.3 cm³/mol. The molecule has 0 N–H and O–H groups in total. The molecule has 0 spiro atoms. The summed E-state index contributed by atoms with van der Waals surface area (Å²) in [7, 11) is 0.166. The van der Waals surface area contributed by atoms with Gasteiger partial charge in [0.05, 0.1) is 0 Å². The van der Waals surface area contributed by atoms with Crippen molar-refractivity contribution in [2.45, 2.75) is 25.1 Å². The number of hydrogen-bond donors (Lipinski definition) is 0. The smallest absolute Gasteiger partial charge is 0.411 e. The van der Waals surface area contributed by atoms with Gasteiger partial charge >= 0.3 is 7.12 Å². The van der Waals surface area contributed by atoms with E-state index < -0.39 is 0 Å². The van der Waals surface area contributed by atoms with Crippen LogP contribution in [0.4, 0.5) is 0 Å². The third-order valence-corrected chi connectivity index (χ3v) is 1.86. The molecule has 2 nitrogen and oxygen atoms in total. The van der Waals surface area contributed by atoms with E-state index in [0.29, 0.717) is 0 Å². The normalized spacial score (nSPS) is 28.7. The van der Waals surface area contributed by atoms with Crippen LogP contribution in [0, 0.1) is 0 Å². The molecule has 2 fully saturated rings. The zero-order chi connectivity index (χ0) is 6.10. The molecule has 0 amide bonds. The fourth-order valence-electron chi connectivity index (χ4n) is 1.15. The summed E-state index contributed by atoms with van der Waals surface area (Å²) in [6, 6.07) is 0. The van der Waals surface area contributed by atoms with Gasteiger partial charge < -0.3 is 9.31 Å². The zero-order valence-electron chi connectivity index (χ0n) is 5.51. The van der Waals surface area contributed by atoms with E-state index in [4.69, 9.17) is 9.31 Å². The van der Waals surface area contributed by atoms with E-state index in [1.165, 1.54) is 12.8 Å². The van der Waals surface area contributed by atoms with Crippen molar-refractivity contribution in [2.75, 3.05) is 13.2 Å². The van der Waals surface area contributed by atoms with Crippen LogP contribution in [-0.4, -0.2) is 20.3 Å². The molecule has 0 aromatic heterocycles. The van der Waals surface area contributed by atoms with Crippen LogP contribution in [0.5, 0.6) is 0 Å². The average molecular weight is 126 g/mol. The van der Waals surface area contributed by atoms with Gasteiger partial charge in [-0.25, -0.2) is 0 Å². The SMILES string of the molecule is C1COB(C2CC2)OC1. The largest absolute Gasteiger partial charge is 0.460 e. The lowest BCUT2D eigenvalue weighted by Gasteiger charge is -2.18. The lowest BCUT2D eigenvalue weighted by atomic mass is 9.81. The number of rotatable bonds is 1. The summed E-state index contributed by atoms with van der Waals surface area (Å²) >= 11 is 0. The van der Waals surface area contributed by atoms with Crippen LogP contribution in [0.2, 0.25) is 5.82 Å². The Bertz CT molecular complexity index is 97.2. The highest BCUT2D eigenvalue weighted by molar-refractivity contribution is 6.47. The Labute approximate surface area is 55.7 Å². The molecule has 3 heteroatoms. The van der Waals surface area contributed by atoms with Crippen molar-refractivity contribution in [3.05, 3.63) is 0 Å². The van der Waals surface area contributed by atoms with Gasteiger partial charge in [0.1, 0.15) is 0 Å². The summed E-state index contributed by atoms with van der Waals surface area (Å²) in [5.41, 5.74) is 0. The molecule has 0 radical (unpaired) electrons. The molecule has 1 aliphatic heterocycles. The van der Waals surface area contributed by atoms with Crippen LogP contribution in [0.3, 0.4) is 0 Å². The van der Waals surface area contributed by atoms with Crippen molar-refractivity contribution in [1.82, 2.24) is 0 Å². The van der Waals surface area contributed by atoms with Crippen LogP contribution in [0.15, 0.2) is 0 Å². The second kappa shape index (κ2) is 2.31. The molecular weight excluding hydrogens is 115 g/mol. The van der Waals surface area contributed by atoms with Gasteiger partial charge in [0.2, 0.25) is 0 Å². The molecule has 0 atom stereocenters. The van der Waals surface area contributed by atoms with Crippen molar-refractivity contribution >= 4 is 7.12 Å². The lowest BCUT2D eigenvalue weighted by molar-refractivity contribution is 0.133. The standard InChI is InChI=1S/C6H11BO2/c1-4-8-7(9-5-1)6-2-3-6/h6H,1-5H2. The van der Waals surface area contributed by atoms with Crippen LogP contribution in [0.25, 0.3) is 0 Å². The van der Waals surface area contributed by atoms with Crippen molar-refractivity contribution in [1.29, 1.82) is 0 Å². The summed E-state index contributed by atoms with van der Waals surface area (Å²) in [6.45, 7) is 1.81. The lowest BCUT2D eigenvalue weighted by Crippen LogP contribution is -2.29. The minimum atomic E-state index is 0.166. The van der Waals surface area contributed by atoms with E-state index in [9.17, 15) is 0 Å². The van der Waals surface area contributed by atoms with Gasteiger partial charge in [-0.2, -0.15) is 0 Å². The Morgan fingerprint density at radius 2 is 1.78 bits per heavy atom. The Balaban J connectivity index is 1.80. The Morgan fingerprint density at radius 1 is 1.11 bits per heavy atom. The first-order chi connectivity index (χ1) is 4.47. The fourth-order valence-corrected chi connectivity index (χ4v) is 1.15. The van der Waals surface area contributed by atoms with E-state index in [1.807, 2.05) is 0 Å². The molecule has 2 aliphatic rings. The molecule has 9 heavy (non-hydrogen) atoms. The first-order valence-corrected chi connectivity index (χ1v) is 3.70. The summed E-state index contributed by atoms with van der Waals surface area (Å²) in [4.78, 5) is 0. The molecule has 50 valence electrons. The van der Waals surface area contributed by atoms with Gasteiger partial charge in [0.15, 0.2) is 0 Å². The number of hydrogen-bond acceptors (Lipinski definition) is 2. The molecule has 0 aromatic rings. The summed E-state index contributed by atoms with van der Waals surface area (Å²) < 4.78 is 10.8. The minimum absolute atomic E-state index is 0.166. The van der Waals surface area contributed by atoms with Crippen LogP contribution >= 0.6 is 0 Å². The molecule has 1 heterocycles. The van der Waals surface area contributed by atoms with Gasteiger partial charge in [0.25, 0.3) is 0 Å². The summed E-state index contributed by atoms with van der Waals surface area (Å²) in [6.07, 6.45) is 3.69. The zero-order valence-corrected chi connectivity index (χ0v) is 5.51. The van der Waals surface area contributed by atoms with Gasteiger partial charge in [-0.05, 0) is 12.2 Å². The summed E-state index contributed by atoms with van der Waals surface area (Å²) in [5, 5.41) is 0. The van der Waals surface area contributed by atoms with Crippen LogP contribution < -0.4 is 0 Å². The quantitative estimate of drug-likeness (QED) is 0.489. The highest BCUT2D eigenvalue weighted by atomic mass is 16.6. The first-order valence-electron chi connectivity index (χ1n) is 3.70. The maximum atomic E-state index is 5.38. The van der Waals surface area contributed by atoms with Gasteiger partial charge in [-0.3, -0.25) is 0 Å². The molecule has 1 saturated heterocycles. The third kappa shape index (κ3) is 1.27. The van der Waals surface area contributed by atoms with E-state index in [1.54, 1.807) is 0 Å². The Morgan fingerprint density at radius 3 is 2.33 bits per heavy atom. The van der Waals surface area contributed by atoms with Crippen LogP contribution in [-0.2, 0) is 9.31 Å². The molecule has 0 bridgehead atoms. The minimum Gasteiger partial charge on any atom is -0.411 e. The molecule has 0 unspecified atom stereocenters. The summed E-state index contributed by atoms with van der Waals surface area (Å²) in [5.74, 6) is 0.741. The third-order valence-electron chi connectivity index (χ3n) is 1.86. The first kappa shape index (κ1) is 5.75. The fraction of sp³-hybridized carbons (Fsp3) is 1.00. The molecule has 1 aliphatic carbocycles. The molecular formula is C6H11BO2. The van der Waals surface area contributed by atoms with Gasteiger partial charge in [0, 0.05) is 13.2 Å². The van der Waals surface area contributed by atoms with Crippen molar-refractivity contribution in [2.24, 2.45) is 0 Å². The molecule has 2 rings (SSSR count). The molecule has 0 aromatic carbocycles. The van der Waals surface area contributed by atoms with Crippen molar-refractivity contribution < 1.29 is 9.31 Å². The monoisotopic (exact) mass is 126 g/mol.